The quantitative estimate of drug-likeness (QED) is 0.349. The Morgan fingerprint density at radius 1 is 1.03 bits per heavy atom. The molecule has 4 rings (SSSR count). The molecule has 0 aliphatic carbocycles. The van der Waals surface area contributed by atoms with Crippen LogP contribution in [-0.4, -0.2) is 27.8 Å². The van der Waals surface area contributed by atoms with Crippen LogP contribution < -0.4 is 0 Å². The molecule has 0 bridgehead atoms. The van der Waals surface area contributed by atoms with Gasteiger partial charge in [-0.2, -0.15) is 8.42 Å². The van der Waals surface area contributed by atoms with E-state index in [1.807, 2.05) is 65.2 Å². The first-order valence-electron chi connectivity index (χ1n) is 9.59. The fourth-order valence-corrected chi connectivity index (χ4v) is 3.70. The third-order valence-electron chi connectivity index (χ3n) is 5.01. The maximum Gasteiger partial charge on any atom is 0.269 e. The highest BCUT2D eigenvalue weighted by Gasteiger charge is 2.18. The summed E-state index contributed by atoms with van der Waals surface area (Å²) in [7, 11) is -4.07. The molecule has 0 spiro atoms. The monoisotopic (exact) mass is 450 g/mol. The number of rotatable bonds is 4. The van der Waals surface area contributed by atoms with Gasteiger partial charge in [0.1, 0.15) is 10.9 Å². The predicted molar refractivity (Wildman–Crippen MR) is 124 cm³/mol. The van der Waals surface area contributed by atoms with Crippen molar-refractivity contribution in [2.24, 2.45) is 0 Å². The molecule has 0 fully saturated rings. The van der Waals surface area contributed by atoms with Gasteiger partial charge in [0.15, 0.2) is 0 Å². The molecule has 2 aromatic heterocycles. The third-order valence-corrected chi connectivity index (χ3v) is 6.43. The van der Waals surface area contributed by atoms with Crippen LogP contribution in [0.1, 0.15) is 18.2 Å². The lowest BCUT2D eigenvalue weighted by atomic mass is 10.1. The van der Waals surface area contributed by atoms with E-state index < -0.39 is 15.4 Å². The summed E-state index contributed by atoms with van der Waals surface area (Å²) in [6.07, 6.45) is 3.59. The second-order valence-corrected chi connectivity index (χ2v) is 9.53. The fourth-order valence-electron chi connectivity index (χ4n) is 3.23. The molecule has 1 unspecified atom stereocenters. The number of hydrogen-bond acceptors (Lipinski definition) is 3. The predicted octanol–water partition coefficient (Wildman–Crippen LogP) is 5.03. The molecule has 0 aliphatic heterocycles. The van der Waals surface area contributed by atoms with Gasteiger partial charge >= 0.3 is 0 Å². The van der Waals surface area contributed by atoms with Crippen LogP contribution in [-0.2, 0) is 16.7 Å². The molecule has 0 saturated carbocycles. The summed E-state index contributed by atoms with van der Waals surface area (Å²) >= 11 is 5.93. The van der Waals surface area contributed by atoms with Crippen LogP contribution in [0.3, 0.4) is 0 Å². The minimum atomic E-state index is -4.07. The van der Waals surface area contributed by atoms with Crippen molar-refractivity contribution in [2.75, 3.05) is 0 Å². The van der Waals surface area contributed by atoms with Gasteiger partial charge in [-0.1, -0.05) is 35.7 Å². The lowest BCUT2D eigenvalue weighted by Crippen LogP contribution is -2.22. The van der Waals surface area contributed by atoms with Crippen LogP contribution in [0.4, 0.5) is 0 Å². The summed E-state index contributed by atoms with van der Waals surface area (Å²) < 4.78 is 33.6. The fraction of sp³-hybridized carbons (Fsp3) is 0.125. The number of hydrogen-bond donors (Lipinski definition) is 1. The molecule has 156 valence electrons. The number of benzene rings is 2. The maximum atomic E-state index is 11.3. The Morgan fingerprint density at radius 3 is 2.45 bits per heavy atom. The zero-order chi connectivity index (χ0) is 22.0. The largest absolute Gasteiger partial charge is 0.346 e. The van der Waals surface area contributed by atoms with E-state index in [9.17, 15) is 13.0 Å². The second-order valence-electron chi connectivity index (χ2n) is 7.26. The second kappa shape index (κ2) is 8.56. The molecular weight excluding hydrogens is 432 g/mol. The highest BCUT2D eigenvalue weighted by Crippen LogP contribution is 2.21. The average Bonchev–Trinajstić information content (AvgIpc) is 3.14. The highest BCUT2D eigenvalue weighted by molar-refractivity contribution is 7.86. The topological polar surface area (TPSA) is 72.2 Å². The Morgan fingerprint density at radius 2 is 1.77 bits per heavy atom. The number of nitrogens with zero attached hydrogens (tertiary/aromatic N) is 2. The minimum Gasteiger partial charge on any atom is -0.346 e. The van der Waals surface area contributed by atoms with E-state index in [1.165, 1.54) is 6.92 Å². The number of aromatic nitrogens is 2. The molecule has 31 heavy (non-hydrogen) atoms. The van der Waals surface area contributed by atoms with E-state index in [0.29, 0.717) is 10.7 Å². The van der Waals surface area contributed by atoms with E-state index in [4.69, 9.17) is 11.6 Å². The van der Waals surface area contributed by atoms with Crippen molar-refractivity contribution >= 4 is 32.6 Å². The first-order valence-corrected chi connectivity index (χ1v) is 11.5. The van der Waals surface area contributed by atoms with Gasteiger partial charge in [0.2, 0.25) is 0 Å². The number of fused-ring (bicyclic) bond motifs is 1. The van der Waals surface area contributed by atoms with Crippen LogP contribution in [0.5, 0.6) is 0 Å². The van der Waals surface area contributed by atoms with E-state index in [-0.39, 0.29) is 6.54 Å². The van der Waals surface area contributed by atoms with Gasteiger partial charge in [0.25, 0.3) is 10.1 Å². The van der Waals surface area contributed by atoms with Crippen molar-refractivity contribution in [1.29, 1.82) is 0 Å². The summed E-state index contributed by atoms with van der Waals surface area (Å²) in [6, 6.07) is 19.1. The normalized spacial score (nSPS) is 12.4. The van der Waals surface area contributed by atoms with Crippen LogP contribution in [0.15, 0.2) is 73.1 Å². The molecular formula is C24H19ClN2O3S. The molecule has 0 saturated heterocycles. The molecule has 1 N–H and O–H groups in total. The summed E-state index contributed by atoms with van der Waals surface area (Å²) in [6.45, 7) is 1.66. The van der Waals surface area contributed by atoms with Crippen molar-refractivity contribution in [2.45, 2.75) is 18.7 Å². The Kier molecular flexibility index (Phi) is 5.84. The van der Waals surface area contributed by atoms with E-state index in [0.717, 1.165) is 27.6 Å². The summed E-state index contributed by atoms with van der Waals surface area (Å²) in [5.74, 6) is 6.19. The van der Waals surface area contributed by atoms with Crippen molar-refractivity contribution in [1.82, 2.24) is 9.55 Å². The van der Waals surface area contributed by atoms with Crippen molar-refractivity contribution in [3.05, 3.63) is 89.3 Å². The summed E-state index contributed by atoms with van der Waals surface area (Å²) in [5.41, 5.74) is 4.40. The molecule has 5 nitrogen and oxygen atoms in total. The van der Waals surface area contributed by atoms with Gasteiger partial charge in [0.05, 0.1) is 0 Å². The van der Waals surface area contributed by atoms with Gasteiger partial charge in [-0.3, -0.25) is 4.55 Å². The lowest BCUT2D eigenvalue weighted by Gasteiger charge is -2.10. The zero-order valence-corrected chi connectivity index (χ0v) is 18.2. The minimum absolute atomic E-state index is 0.178. The Labute approximate surface area is 186 Å². The highest BCUT2D eigenvalue weighted by atomic mass is 35.5. The molecule has 1 atom stereocenters. The molecule has 4 aromatic rings. The third kappa shape index (κ3) is 4.97. The summed E-state index contributed by atoms with van der Waals surface area (Å²) in [4.78, 5) is 4.42. The van der Waals surface area contributed by atoms with E-state index in [2.05, 4.69) is 16.8 Å². The lowest BCUT2D eigenvalue weighted by molar-refractivity contribution is 0.462. The van der Waals surface area contributed by atoms with E-state index in [1.54, 1.807) is 12.4 Å². The smallest absolute Gasteiger partial charge is 0.269 e. The number of halogens is 1. The van der Waals surface area contributed by atoms with Gasteiger partial charge in [0, 0.05) is 46.0 Å². The van der Waals surface area contributed by atoms with Crippen LogP contribution in [0, 0.1) is 11.8 Å². The van der Waals surface area contributed by atoms with Crippen molar-refractivity contribution in [3.8, 4) is 23.0 Å². The van der Waals surface area contributed by atoms with Crippen molar-refractivity contribution < 1.29 is 13.0 Å². The molecule has 0 amide bonds. The van der Waals surface area contributed by atoms with E-state index >= 15 is 0 Å². The van der Waals surface area contributed by atoms with Crippen LogP contribution in [0.25, 0.3) is 22.0 Å². The average molecular weight is 451 g/mol. The Bertz CT molecular complexity index is 1400. The SMILES string of the molecule is CC(Cn1ccc2cc(C#Cc3ccc(-c4ccc(Cl)cc4)cn3)ccc21)S(=O)(=O)O. The first-order chi connectivity index (χ1) is 14.8. The summed E-state index contributed by atoms with van der Waals surface area (Å²) in [5, 5.41) is 0.754. The zero-order valence-electron chi connectivity index (χ0n) is 16.7. The van der Waals surface area contributed by atoms with Crippen LogP contribution in [0.2, 0.25) is 5.02 Å². The van der Waals surface area contributed by atoms with Gasteiger partial charge in [-0.25, -0.2) is 4.98 Å². The Hall–Kier alpha value is -3.11. The van der Waals surface area contributed by atoms with Crippen molar-refractivity contribution in [3.63, 3.8) is 0 Å². The maximum absolute atomic E-state index is 11.3. The molecule has 0 radical (unpaired) electrons. The molecule has 2 heterocycles. The molecule has 7 heteroatoms. The standard InChI is InChI=1S/C24H19ClN2O3S/c1-17(31(28,29)30)16-27-13-12-20-14-18(3-11-24(20)27)2-9-23-10-6-21(15-26-23)19-4-7-22(25)8-5-19/h3-8,10-15,17H,16H2,1H3,(H,28,29,30). The molecule has 0 aliphatic rings. The van der Waals surface area contributed by atoms with Gasteiger partial charge in [-0.05, 0) is 60.9 Å². The Balaban J connectivity index is 1.52. The number of pyridine rings is 1. The van der Waals surface area contributed by atoms with Crippen LogP contribution >= 0.6 is 11.6 Å². The van der Waals surface area contributed by atoms with Gasteiger partial charge in [-0.15, -0.1) is 0 Å². The van der Waals surface area contributed by atoms with Gasteiger partial charge < -0.3 is 4.57 Å². The molecule has 2 aromatic carbocycles. The first kappa shape index (κ1) is 21.1.